The Balaban J connectivity index is 0.000000378. The maximum atomic E-state index is 12.7. The van der Waals surface area contributed by atoms with E-state index in [1.54, 1.807) is 49.6 Å². The van der Waals surface area contributed by atoms with Crippen LogP contribution >= 0.6 is 34.8 Å². The Labute approximate surface area is 375 Å². The average molecular weight is 950 g/mol. The van der Waals surface area contributed by atoms with Gasteiger partial charge < -0.3 is 62.8 Å². The number of halogens is 9. The Morgan fingerprint density at radius 1 is 0.349 bits per heavy atom. The molecule has 21 heteroatoms. The van der Waals surface area contributed by atoms with Crippen LogP contribution in [0.1, 0.15) is 0 Å². The van der Waals surface area contributed by atoms with Gasteiger partial charge in [0.2, 0.25) is 0 Å². The van der Waals surface area contributed by atoms with Gasteiger partial charge in [0.05, 0.1) is 63.4 Å². The predicted molar refractivity (Wildman–Crippen MR) is 239 cm³/mol. The van der Waals surface area contributed by atoms with Crippen molar-refractivity contribution in [2.24, 2.45) is 0 Å². The number of nitrogens with two attached hydrogens (primary N) is 6. The molecule has 6 aromatic carbocycles. The topological polar surface area (TPSA) is 212 Å². The molecule has 0 heterocycles. The number of methoxy groups -OCH3 is 6. The maximum absolute atomic E-state index is 12.7. The minimum Gasteiger partial charge on any atom is -0.497 e. The lowest BCUT2D eigenvalue weighted by atomic mass is 10.3. The fourth-order valence-corrected chi connectivity index (χ4v) is 5.15. The first-order valence-corrected chi connectivity index (χ1v) is 18.4. The second kappa shape index (κ2) is 27.3. The Bertz CT molecular complexity index is 2210. The molecule has 63 heavy (non-hydrogen) atoms. The lowest BCUT2D eigenvalue weighted by molar-refractivity contribution is 0.360. The van der Waals surface area contributed by atoms with E-state index < -0.39 is 46.3 Å². The van der Waals surface area contributed by atoms with Gasteiger partial charge in [-0.05, 0) is 54.6 Å². The zero-order chi connectivity index (χ0) is 48.0. The van der Waals surface area contributed by atoms with Crippen LogP contribution < -0.4 is 62.8 Å². The Hall–Kier alpha value is -6.63. The lowest BCUT2D eigenvalue weighted by Crippen LogP contribution is -1.96. The molecule has 0 amide bonds. The minimum atomic E-state index is -0.804. The normalized spacial score (nSPS) is 9.57. The van der Waals surface area contributed by atoms with E-state index in [4.69, 9.17) is 83.4 Å². The van der Waals surface area contributed by atoms with Gasteiger partial charge in [0.1, 0.15) is 28.8 Å². The molecule has 6 rings (SSSR count). The summed E-state index contributed by atoms with van der Waals surface area (Å²) in [5.41, 5.74) is 32.8. The van der Waals surface area contributed by atoms with Gasteiger partial charge in [0, 0.05) is 59.1 Å². The number of ether oxygens (including phenoxy) is 6. The van der Waals surface area contributed by atoms with Gasteiger partial charge in [0.15, 0.2) is 46.3 Å². The largest absolute Gasteiger partial charge is 0.497 e. The highest BCUT2D eigenvalue weighted by atomic mass is 35.5. The van der Waals surface area contributed by atoms with Crippen LogP contribution in [-0.2, 0) is 0 Å². The molecule has 0 aliphatic rings. The van der Waals surface area contributed by atoms with E-state index in [2.05, 4.69) is 14.2 Å². The first-order chi connectivity index (χ1) is 29.7. The van der Waals surface area contributed by atoms with Gasteiger partial charge in [-0.15, -0.1) is 0 Å². The van der Waals surface area contributed by atoms with E-state index in [0.29, 0.717) is 49.4 Å². The van der Waals surface area contributed by atoms with E-state index in [1.807, 2.05) is 0 Å². The van der Waals surface area contributed by atoms with E-state index >= 15 is 0 Å². The summed E-state index contributed by atoms with van der Waals surface area (Å²) in [7, 11) is 8.47. The van der Waals surface area contributed by atoms with Crippen LogP contribution in [-0.4, -0.2) is 42.7 Å². The molecule has 0 aliphatic heterocycles. The van der Waals surface area contributed by atoms with Crippen molar-refractivity contribution in [3.63, 3.8) is 0 Å². The second-order valence-electron chi connectivity index (χ2n) is 11.7. The molecule has 0 radical (unpaired) electrons. The molecule has 0 unspecified atom stereocenters. The highest BCUT2D eigenvalue weighted by molar-refractivity contribution is 6.37. The van der Waals surface area contributed by atoms with E-state index in [9.17, 15) is 26.3 Å². The van der Waals surface area contributed by atoms with Crippen LogP contribution in [0.25, 0.3) is 0 Å². The molecule has 0 bridgehead atoms. The van der Waals surface area contributed by atoms with Gasteiger partial charge in [0.25, 0.3) is 0 Å². The minimum absolute atomic E-state index is 0.0424. The van der Waals surface area contributed by atoms with Crippen molar-refractivity contribution < 1.29 is 54.8 Å². The molecule has 342 valence electrons. The van der Waals surface area contributed by atoms with Gasteiger partial charge in [-0.3, -0.25) is 0 Å². The predicted octanol–water partition coefficient (Wildman–Crippen LogP) is 10.5. The molecule has 0 atom stereocenters. The van der Waals surface area contributed by atoms with Crippen LogP contribution in [0.3, 0.4) is 0 Å². The molecule has 0 spiro atoms. The summed E-state index contributed by atoms with van der Waals surface area (Å²) in [4.78, 5) is 0. The van der Waals surface area contributed by atoms with Gasteiger partial charge in [-0.1, -0.05) is 34.8 Å². The fraction of sp³-hybridized carbons (Fsp3) is 0.143. The van der Waals surface area contributed by atoms with Crippen LogP contribution in [0.2, 0.25) is 15.1 Å². The Kier molecular flexibility index (Phi) is 23.6. The van der Waals surface area contributed by atoms with Gasteiger partial charge in [-0.25, -0.2) is 26.3 Å². The van der Waals surface area contributed by atoms with Crippen molar-refractivity contribution in [2.45, 2.75) is 0 Å². The summed E-state index contributed by atoms with van der Waals surface area (Å²) in [6.07, 6.45) is 0. The van der Waals surface area contributed by atoms with Gasteiger partial charge in [-0.2, -0.15) is 0 Å². The molecular weight excluding hydrogens is 905 g/mol. The third-order valence-electron chi connectivity index (χ3n) is 7.30. The van der Waals surface area contributed by atoms with Gasteiger partial charge >= 0.3 is 0 Å². The highest BCUT2D eigenvalue weighted by Gasteiger charge is 2.10. The molecule has 6 aromatic rings. The van der Waals surface area contributed by atoms with Crippen LogP contribution in [0.4, 0.5) is 60.5 Å². The molecule has 0 fully saturated rings. The number of hydrogen-bond donors (Lipinski definition) is 6. The molecule has 0 saturated carbocycles. The first kappa shape index (κ1) is 54.4. The summed E-state index contributed by atoms with van der Waals surface area (Å²) >= 11 is 17.2. The van der Waals surface area contributed by atoms with Crippen molar-refractivity contribution in [3.05, 3.63) is 141 Å². The highest BCUT2D eigenvalue weighted by Crippen LogP contribution is 2.34. The molecular formula is C42H45Cl3F6N6O6. The summed E-state index contributed by atoms with van der Waals surface area (Å²) in [6, 6.07) is 21.0. The molecule has 0 aromatic heterocycles. The summed E-state index contributed by atoms with van der Waals surface area (Å²) in [5.74, 6) is -2.53. The van der Waals surface area contributed by atoms with Crippen LogP contribution in [0, 0.1) is 34.9 Å². The Morgan fingerprint density at radius 2 is 0.762 bits per heavy atom. The summed E-state index contributed by atoms with van der Waals surface area (Å²) < 4.78 is 104. The van der Waals surface area contributed by atoms with E-state index in [1.165, 1.54) is 59.8 Å². The van der Waals surface area contributed by atoms with Crippen molar-refractivity contribution in [1.29, 1.82) is 0 Å². The van der Waals surface area contributed by atoms with Crippen molar-refractivity contribution >= 4 is 68.9 Å². The van der Waals surface area contributed by atoms with Crippen molar-refractivity contribution in [3.8, 4) is 34.5 Å². The SMILES string of the molecule is COc1c(Cl)cc(N)cc1Cl.COc1c(F)cc(N)cc1F.COc1cc(F)c(N)c(F)c1.COc1ccc(N)c(F)c1.COc1ccc(N)cc1Cl.COc1ccc(N)cc1F. The lowest BCUT2D eigenvalue weighted by Gasteiger charge is -2.05. The maximum Gasteiger partial charge on any atom is 0.190 e. The third-order valence-corrected chi connectivity index (χ3v) is 8.15. The second-order valence-corrected chi connectivity index (χ2v) is 12.9. The first-order valence-electron chi connectivity index (χ1n) is 17.3. The number of benzene rings is 6. The summed E-state index contributed by atoms with van der Waals surface area (Å²) in [5, 5.41) is 1.40. The fourth-order valence-electron chi connectivity index (χ4n) is 4.23. The Morgan fingerprint density at radius 3 is 1.17 bits per heavy atom. The quantitative estimate of drug-likeness (QED) is 0.0680. The monoisotopic (exact) mass is 948 g/mol. The molecule has 12 nitrogen and oxygen atoms in total. The van der Waals surface area contributed by atoms with Crippen molar-refractivity contribution in [2.75, 3.05) is 77.1 Å². The average Bonchev–Trinajstić information content (AvgIpc) is 3.22. The number of nitrogen functional groups attached to an aromatic ring is 6. The smallest absolute Gasteiger partial charge is 0.190 e. The molecule has 12 N–H and O–H groups in total. The van der Waals surface area contributed by atoms with E-state index in [-0.39, 0.29) is 22.9 Å². The number of hydrogen-bond acceptors (Lipinski definition) is 12. The van der Waals surface area contributed by atoms with Crippen LogP contribution in [0.15, 0.2) is 91.0 Å². The van der Waals surface area contributed by atoms with E-state index in [0.717, 1.165) is 24.3 Å². The van der Waals surface area contributed by atoms with Crippen molar-refractivity contribution in [1.82, 2.24) is 0 Å². The zero-order valence-electron chi connectivity index (χ0n) is 34.5. The number of rotatable bonds is 6. The van der Waals surface area contributed by atoms with Crippen LogP contribution in [0.5, 0.6) is 34.5 Å². The summed E-state index contributed by atoms with van der Waals surface area (Å²) in [6.45, 7) is 0. The molecule has 0 saturated heterocycles. The standard InChI is InChI=1S/C7H7Cl2NO.C7H8ClNO.2C7H7F2NO.2C7H8FNO/c1-11-7-5(8)2-4(10)3-6(7)9;1-10-7-3-2-5(9)4-6(7)8;1-11-4-2-5(8)7(10)6(9)3-4;1-11-7-5(8)2-4(10)3-6(7)9;1-10-5-2-3-7(9)6(8)4-5;1-10-7-3-2-5(9)4-6(7)8/h2-3H,10H2,1H3;2-4H,9H2,1H3;2*2-3H,10H2,1H3;2*2-4H,9H2,1H3. The number of anilines is 6. The zero-order valence-corrected chi connectivity index (χ0v) is 36.7. The third kappa shape index (κ3) is 18.5. The molecule has 0 aliphatic carbocycles.